The fraction of sp³-hybridized carbons (Fsp3) is 0.500. The van der Waals surface area contributed by atoms with E-state index >= 15 is 0 Å². The minimum absolute atomic E-state index is 0.0433. The first-order valence-electron chi connectivity index (χ1n) is 12.8. The minimum Gasteiger partial charge on any atom is -0.337 e. The molecule has 0 bridgehead atoms. The topological polar surface area (TPSA) is 124 Å². The second-order valence-corrected chi connectivity index (χ2v) is 11.7. The Bertz CT molecular complexity index is 1200. The van der Waals surface area contributed by atoms with E-state index in [9.17, 15) is 18.0 Å². The number of pyridine rings is 1. The van der Waals surface area contributed by atoms with Crippen LogP contribution in [0.5, 0.6) is 0 Å². The third-order valence-electron chi connectivity index (χ3n) is 6.63. The lowest BCUT2D eigenvalue weighted by atomic mass is 10.0. The van der Waals surface area contributed by atoms with Crippen LogP contribution in [0.4, 0.5) is 16.2 Å². The predicted molar refractivity (Wildman–Crippen MR) is 143 cm³/mol. The Morgan fingerprint density at radius 2 is 1.54 bits per heavy atom. The molecule has 1 aliphatic carbocycles. The SMILES string of the molecule is CC(=O)Nc1ccc(S(=O)(=O)N(C2CC2)C2CCN(CCNC(=O)Nc3cc(C)nc(C)c3)CC2)cc1. The average Bonchev–Trinajstić information content (AvgIpc) is 3.64. The van der Waals surface area contributed by atoms with Gasteiger partial charge in [0.25, 0.3) is 0 Å². The molecular weight excluding hydrogens is 492 g/mol. The summed E-state index contributed by atoms with van der Waals surface area (Å²) in [4.78, 5) is 30.4. The van der Waals surface area contributed by atoms with Crippen molar-refractivity contribution in [1.82, 2.24) is 19.5 Å². The van der Waals surface area contributed by atoms with Gasteiger partial charge in [0.15, 0.2) is 0 Å². The molecule has 1 aliphatic heterocycles. The van der Waals surface area contributed by atoms with Crippen LogP contribution in [0.3, 0.4) is 0 Å². The van der Waals surface area contributed by atoms with Gasteiger partial charge in [-0.1, -0.05) is 0 Å². The Morgan fingerprint density at radius 1 is 0.946 bits per heavy atom. The number of nitrogens with zero attached hydrogens (tertiary/aromatic N) is 3. The summed E-state index contributed by atoms with van der Waals surface area (Å²) in [6, 6.07) is 9.80. The van der Waals surface area contributed by atoms with Crippen molar-refractivity contribution in [2.75, 3.05) is 36.8 Å². The van der Waals surface area contributed by atoms with E-state index in [4.69, 9.17) is 0 Å². The maximum atomic E-state index is 13.5. The summed E-state index contributed by atoms with van der Waals surface area (Å²) >= 11 is 0. The van der Waals surface area contributed by atoms with Crippen molar-refractivity contribution >= 4 is 33.3 Å². The molecule has 10 nitrogen and oxygen atoms in total. The van der Waals surface area contributed by atoms with Gasteiger partial charge in [-0.25, -0.2) is 13.2 Å². The van der Waals surface area contributed by atoms with Crippen LogP contribution in [0.2, 0.25) is 0 Å². The molecule has 2 fully saturated rings. The molecule has 3 N–H and O–H groups in total. The molecule has 200 valence electrons. The maximum absolute atomic E-state index is 13.5. The Kier molecular flexibility index (Phi) is 8.46. The van der Waals surface area contributed by atoms with Crippen LogP contribution in [-0.4, -0.2) is 72.8 Å². The number of aromatic nitrogens is 1. The monoisotopic (exact) mass is 528 g/mol. The van der Waals surface area contributed by atoms with Crippen LogP contribution in [0, 0.1) is 13.8 Å². The van der Waals surface area contributed by atoms with Crippen molar-refractivity contribution in [3.05, 3.63) is 47.8 Å². The predicted octanol–water partition coefficient (Wildman–Crippen LogP) is 3.10. The first-order chi connectivity index (χ1) is 17.6. The third-order valence-corrected chi connectivity index (χ3v) is 8.65. The van der Waals surface area contributed by atoms with Gasteiger partial charge in [-0.15, -0.1) is 0 Å². The summed E-state index contributed by atoms with van der Waals surface area (Å²) in [5.74, 6) is -0.197. The molecule has 4 rings (SSSR count). The van der Waals surface area contributed by atoms with Gasteiger partial charge < -0.3 is 20.9 Å². The van der Waals surface area contributed by atoms with Crippen LogP contribution in [0.15, 0.2) is 41.3 Å². The summed E-state index contributed by atoms with van der Waals surface area (Å²) in [7, 11) is -3.63. The number of hydrogen-bond donors (Lipinski definition) is 3. The lowest BCUT2D eigenvalue weighted by molar-refractivity contribution is -0.114. The lowest BCUT2D eigenvalue weighted by Crippen LogP contribution is -2.49. The number of aryl methyl sites for hydroxylation is 2. The highest BCUT2D eigenvalue weighted by atomic mass is 32.2. The number of likely N-dealkylation sites (tertiary alicyclic amines) is 1. The average molecular weight is 529 g/mol. The zero-order valence-corrected chi connectivity index (χ0v) is 22.5. The van der Waals surface area contributed by atoms with E-state index in [0.29, 0.717) is 18.8 Å². The zero-order valence-electron chi connectivity index (χ0n) is 21.7. The molecular formula is C26H36N6O4S. The molecule has 1 saturated carbocycles. The molecule has 2 aromatic rings. The summed E-state index contributed by atoms with van der Waals surface area (Å²) in [6.45, 7) is 7.95. The number of carbonyl (C=O) groups excluding carboxylic acids is 2. The quantitative estimate of drug-likeness (QED) is 0.460. The molecule has 11 heteroatoms. The van der Waals surface area contributed by atoms with Crippen molar-refractivity contribution in [3.63, 3.8) is 0 Å². The Hall–Kier alpha value is -3.02. The molecule has 3 amide bonds. The van der Waals surface area contributed by atoms with Crippen LogP contribution in [-0.2, 0) is 14.8 Å². The number of rotatable bonds is 9. The third kappa shape index (κ3) is 7.27. The number of carbonyl (C=O) groups is 2. The van der Waals surface area contributed by atoms with Crippen molar-refractivity contribution in [3.8, 4) is 0 Å². The lowest BCUT2D eigenvalue weighted by Gasteiger charge is -2.38. The first-order valence-corrected chi connectivity index (χ1v) is 14.2. The van der Waals surface area contributed by atoms with Crippen molar-refractivity contribution in [2.24, 2.45) is 0 Å². The summed E-state index contributed by atoms with van der Waals surface area (Å²) in [5, 5.41) is 8.41. The largest absolute Gasteiger partial charge is 0.337 e. The van der Waals surface area contributed by atoms with Gasteiger partial charge in [-0.05, 0) is 89.0 Å². The van der Waals surface area contributed by atoms with E-state index in [1.807, 2.05) is 26.0 Å². The molecule has 1 saturated heterocycles. The van der Waals surface area contributed by atoms with Gasteiger partial charge in [-0.3, -0.25) is 9.78 Å². The number of nitrogens with one attached hydrogen (secondary N) is 3. The standard InChI is InChI=1S/C26H36N6O4S/c1-18-16-22(17-19(2)28-18)30-26(34)27-12-15-31-13-10-24(11-14-31)32(23-6-7-23)37(35,36)25-8-4-21(5-9-25)29-20(3)33/h4-5,8-9,16-17,23-24H,6-7,10-15H2,1-3H3,(H,29,33)(H2,27,28,30,34). The van der Waals surface area contributed by atoms with E-state index in [0.717, 1.165) is 55.8 Å². The number of anilines is 2. The summed E-state index contributed by atoms with van der Waals surface area (Å²) in [6.07, 6.45) is 3.28. The van der Waals surface area contributed by atoms with Gasteiger partial charge in [0.2, 0.25) is 15.9 Å². The second kappa shape index (κ2) is 11.6. The molecule has 0 atom stereocenters. The Morgan fingerprint density at radius 3 is 2.11 bits per heavy atom. The van der Waals surface area contributed by atoms with Gasteiger partial charge in [0, 0.05) is 54.9 Å². The minimum atomic E-state index is -3.63. The van der Waals surface area contributed by atoms with Crippen LogP contribution >= 0.6 is 0 Å². The second-order valence-electron chi connectivity index (χ2n) is 9.86. The highest BCUT2D eigenvalue weighted by molar-refractivity contribution is 7.89. The van der Waals surface area contributed by atoms with Gasteiger partial charge in [0.05, 0.1) is 4.90 Å². The Balaban J connectivity index is 1.27. The number of urea groups is 1. The smallest absolute Gasteiger partial charge is 0.319 e. The van der Waals surface area contributed by atoms with Crippen molar-refractivity contribution in [2.45, 2.75) is 63.4 Å². The van der Waals surface area contributed by atoms with E-state index in [1.165, 1.54) is 6.92 Å². The molecule has 0 spiro atoms. The van der Waals surface area contributed by atoms with Gasteiger partial charge >= 0.3 is 6.03 Å². The molecule has 0 unspecified atom stereocenters. The molecule has 0 radical (unpaired) electrons. The first kappa shape index (κ1) is 27.0. The molecule has 2 heterocycles. The highest BCUT2D eigenvalue weighted by Gasteiger charge is 2.43. The summed E-state index contributed by atoms with van der Waals surface area (Å²) in [5.41, 5.74) is 2.99. The van der Waals surface area contributed by atoms with Crippen LogP contribution in [0.1, 0.15) is 44.0 Å². The molecule has 37 heavy (non-hydrogen) atoms. The Labute approximate surface area is 218 Å². The molecule has 1 aromatic carbocycles. The van der Waals surface area contributed by atoms with Gasteiger partial charge in [0.1, 0.15) is 0 Å². The van der Waals surface area contributed by atoms with E-state index in [2.05, 4.69) is 25.8 Å². The van der Waals surface area contributed by atoms with E-state index in [1.54, 1.807) is 28.6 Å². The number of benzene rings is 1. The summed E-state index contributed by atoms with van der Waals surface area (Å²) < 4.78 is 28.8. The normalized spacial score (nSPS) is 17.0. The van der Waals surface area contributed by atoms with Crippen LogP contribution < -0.4 is 16.0 Å². The van der Waals surface area contributed by atoms with E-state index < -0.39 is 10.0 Å². The van der Waals surface area contributed by atoms with Crippen LogP contribution in [0.25, 0.3) is 0 Å². The number of hydrogen-bond acceptors (Lipinski definition) is 6. The van der Waals surface area contributed by atoms with Crippen molar-refractivity contribution in [1.29, 1.82) is 0 Å². The van der Waals surface area contributed by atoms with E-state index in [-0.39, 0.29) is 28.9 Å². The molecule has 2 aliphatic rings. The highest BCUT2D eigenvalue weighted by Crippen LogP contribution is 2.36. The van der Waals surface area contributed by atoms with Gasteiger partial charge in [-0.2, -0.15) is 4.31 Å². The fourth-order valence-electron chi connectivity index (χ4n) is 4.86. The maximum Gasteiger partial charge on any atom is 0.319 e. The zero-order chi connectivity index (χ0) is 26.6. The fourth-order valence-corrected chi connectivity index (χ4v) is 6.79. The molecule has 1 aromatic heterocycles. The number of sulfonamides is 1. The van der Waals surface area contributed by atoms with Crippen molar-refractivity contribution < 1.29 is 18.0 Å². The number of amides is 3. The number of piperidine rings is 1.